The van der Waals surface area contributed by atoms with E-state index < -0.39 is 0 Å². The normalized spacial score (nSPS) is 16.8. The molecule has 0 saturated heterocycles. The van der Waals surface area contributed by atoms with Gasteiger partial charge in [0.25, 0.3) is 0 Å². The molecule has 0 aliphatic heterocycles. The maximum atomic E-state index is 5.05. The molecule has 8 rings (SSSR count). The quantitative estimate of drug-likeness (QED) is 0.193. The van der Waals surface area contributed by atoms with Gasteiger partial charge in [-0.2, -0.15) is 0 Å². The molecule has 46 heavy (non-hydrogen) atoms. The Morgan fingerprint density at radius 3 is 1.22 bits per heavy atom. The van der Waals surface area contributed by atoms with Crippen LogP contribution < -0.4 is 0 Å². The zero-order valence-corrected chi connectivity index (χ0v) is 24.8. The van der Waals surface area contributed by atoms with Crippen LogP contribution in [0.5, 0.6) is 0 Å². The van der Waals surface area contributed by atoms with E-state index >= 15 is 0 Å². The number of hydrogen-bond acceptors (Lipinski definition) is 6. The number of nitrogens with zero attached hydrogens (tertiary/aromatic N) is 6. The molecule has 6 nitrogen and oxygen atoms in total. The van der Waals surface area contributed by atoms with Gasteiger partial charge in [-0.25, -0.2) is 29.9 Å². The van der Waals surface area contributed by atoms with E-state index in [9.17, 15) is 0 Å². The molecule has 6 heteroatoms. The Hall–Kier alpha value is -6.14. The van der Waals surface area contributed by atoms with Gasteiger partial charge in [0.2, 0.25) is 0 Å². The fourth-order valence-electron chi connectivity index (χ4n) is 5.91. The van der Waals surface area contributed by atoms with E-state index in [0.717, 1.165) is 39.2 Å². The lowest BCUT2D eigenvalue weighted by Gasteiger charge is -2.29. The molecule has 2 heterocycles. The van der Waals surface area contributed by atoms with Crippen molar-refractivity contribution in [2.24, 2.45) is 5.92 Å². The summed E-state index contributed by atoms with van der Waals surface area (Å²) in [6.07, 6.45) is 12.8. The maximum Gasteiger partial charge on any atom is 0.164 e. The standard InChI is InChI=1S/C40H28N6/c1-5-15-27(16-6-1)35-41-36(28-17-7-2-8-18-28)44-39(43-35)33-25-26-34(32-24-14-13-23-31(32)33)40-45-37(29-19-9-3-10-20-29)42-38(46-40)30-21-11-4-12-22-30/h1-26,31,33H. The van der Waals surface area contributed by atoms with Crippen molar-refractivity contribution in [3.8, 4) is 45.6 Å². The average Bonchev–Trinajstić information content (AvgIpc) is 3.15. The van der Waals surface area contributed by atoms with Crippen LogP contribution in [0.15, 0.2) is 163 Å². The number of aromatic nitrogens is 6. The maximum absolute atomic E-state index is 5.05. The van der Waals surface area contributed by atoms with Gasteiger partial charge < -0.3 is 0 Å². The van der Waals surface area contributed by atoms with Crippen molar-refractivity contribution in [2.45, 2.75) is 5.92 Å². The molecule has 218 valence electrons. The Labute approximate surface area is 267 Å². The molecule has 6 aromatic rings. The minimum atomic E-state index is -0.114. The Balaban J connectivity index is 1.26. The lowest BCUT2D eigenvalue weighted by atomic mass is 9.76. The highest BCUT2D eigenvalue weighted by atomic mass is 15.0. The van der Waals surface area contributed by atoms with Gasteiger partial charge in [0.15, 0.2) is 29.1 Å². The van der Waals surface area contributed by atoms with Crippen LogP contribution in [0.2, 0.25) is 0 Å². The fourth-order valence-corrected chi connectivity index (χ4v) is 5.91. The van der Waals surface area contributed by atoms with Crippen LogP contribution in [0, 0.1) is 5.92 Å². The number of allylic oxidation sites excluding steroid dienone is 8. The smallest absolute Gasteiger partial charge is 0.164 e. The molecule has 4 aromatic carbocycles. The summed E-state index contributed by atoms with van der Waals surface area (Å²) in [5, 5.41) is 0. The van der Waals surface area contributed by atoms with Crippen LogP contribution in [0.1, 0.15) is 17.6 Å². The number of hydrogen-bond donors (Lipinski definition) is 0. The van der Waals surface area contributed by atoms with Crippen molar-refractivity contribution < 1.29 is 0 Å². The third-order valence-corrected chi connectivity index (χ3v) is 8.19. The number of fused-ring (bicyclic) bond motifs is 1. The van der Waals surface area contributed by atoms with Gasteiger partial charge in [0.05, 0.1) is 0 Å². The summed E-state index contributed by atoms with van der Waals surface area (Å²) in [6, 6.07) is 40.3. The van der Waals surface area contributed by atoms with E-state index in [1.54, 1.807) is 0 Å². The Morgan fingerprint density at radius 1 is 0.348 bits per heavy atom. The summed E-state index contributed by atoms with van der Waals surface area (Å²) >= 11 is 0. The van der Waals surface area contributed by atoms with Crippen molar-refractivity contribution in [3.05, 3.63) is 175 Å². The Kier molecular flexibility index (Phi) is 7.21. The molecular weight excluding hydrogens is 564 g/mol. The highest BCUT2D eigenvalue weighted by molar-refractivity contribution is 5.80. The van der Waals surface area contributed by atoms with E-state index in [0.29, 0.717) is 29.1 Å². The van der Waals surface area contributed by atoms with Crippen molar-refractivity contribution >= 4 is 5.57 Å². The van der Waals surface area contributed by atoms with Gasteiger partial charge in [0, 0.05) is 39.7 Å². The van der Waals surface area contributed by atoms with Gasteiger partial charge in [-0.3, -0.25) is 0 Å². The lowest BCUT2D eigenvalue weighted by Crippen LogP contribution is -2.20. The fraction of sp³-hybridized carbons (Fsp3) is 0.0500. The second kappa shape index (κ2) is 12.1. The first kappa shape index (κ1) is 27.4. The van der Waals surface area contributed by atoms with Crippen molar-refractivity contribution in [3.63, 3.8) is 0 Å². The van der Waals surface area contributed by atoms with Crippen LogP contribution in [0.4, 0.5) is 0 Å². The lowest BCUT2D eigenvalue weighted by molar-refractivity contribution is 0.631. The van der Waals surface area contributed by atoms with Crippen molar-refractivity contribution in [1.82, 2.24) is 29.9 Å². The number of benzene rings is 4. The molecule has 2 aliphatic rings. The monoisotopic (exact) mass is 592 g/mol. The highest BCUT2D eigenvalue weighted by Crippen LogP contribution is 2.42. The minimum absolute atomic E-state index is 0.0169. The van der Waals surface area contributed by atoms with Gasteiger partial charge in [-0.15, -0.1) is 0 Å². The summed E-state index contributed by atoms with van der Waals surface area (Å²) in [4.78, 5) is 29.9. The van der Waals surface area contributed by atoms with Crippen LogP contribution in [0.25, 0.3) is 51.1 Å². The molecule has 2 unspecified atom stereocenters. The molecule has 2 aromatic heterocycles. The summed E-state index contributed by atoms with van der Waals surface area (Å²) < 4.78 is 0. The highest BCUT2D eigenvalue weighted by Gasteiger charge is 2.32. The molecule has 0 amide bonds. The Morgan fingerprint density at radius 2 is 0.761 bits per heavy atom. The van der Waals surface area contributed by atoms with Crippen LogP contribution in [0.3, 0.4) is 0 Å². The van der Waals surface area contributed by atoms with Gasteiger partial charge >= 0.3 is 0 Å². The predicted molar refractivity (Wildman–Crippen MR) is 182 cm³/mol. The van der Waals surface area contributed by atoms with E-state index in [1.807, 2.05) is 121 Å². The molecule has 2 aliphatic carbocycles. The average molecular weight is 593 g/mol. The summed E-state index contributed by atoms with van der Waals surface area (Å²) in [5.74, 6) is 3.80. The predicted octanol–water partition coefficient (Wildman–Crippen LogP) is 8.57. The molecule has 2 atom stereocenters. The number of rotatable bonds is 6. The van der Waals surface area contributed by atoms with Gasteiger partial charge in [-0.1, -0.05) is 158 Å². The molecule has 0 radical (unpaired) electrons. The molecule has 0 fully saturated rings. The zero-order chi connectivity index (χ0) is 30.7. The molecule has 0 saturated carbocycles. The van der Waals surface area contributed by atoms with Gasteiger partial charge in [-0.05, 0) is 5.57 Å². The van der Waals surface area contributed by atoms with Crippen molar-refractivity contribution in [1.29, 1.82) is 0 Å². The van der Waals surface area contributed by atoms with Gasteiger partial charge in [0.1, 0.15) is 5.82 Å². The van der Waals surface area contributed by atoms with Crippen LogP contribution in [-0.4, -0.2) is 29.9 Å². The van der Waals surface area contributed by atoms with Crippen LogP contribution in [-0.2, 0) is 0 Å². The third kappa shape index (κ3) is 5.37. The topological polar surface area (TPSA) is 77.3 Å². The largest absolute Gasteiger partial charge is 0.212 e. The first-order valence-electron chi connectivity index (χ1n) is 15.3. The van der Waals surface area contributed by atoms with E-state index in [2.05, 4.69) is 36.5 Å². The van der Waals surface area contributed by atoms with E-state index in [1.165, 1.54) is 0 Å². The summed E-state index contributed by atoms with van der Waals surface area (Å²) in [6.45, 7) is 0. The second-order valence-electron chi connectivity index (χ2n) is 11.1. The zero-order valence-electron chi connectivity index (χ0n) is 24.8. The van der Waals surface area contributed by atoms with E-state index in [4.69, 9.17) is 29.9 Å². The third-order valence-electron chi connectivity index (χ3n) is 8.19. The molecule has 0 N–H and O–H groups in total. The van der Waals surface area contributed by atoms with Crippen LogP contribution >= 0.6 is 0 Å². The molecule has 0 bridgehead atoms. The first-order valence-corrected chi connectivity index (χ1v) is 15.3. The summed E-state index contributed by atoms with van der Waals surface area (Å²) in [5.41, 5.74) is 5.85. The second-order valence-corrected chi connectivity index (χ2v) is 11.1. The molecule has 0 spiro atoms. The SMILES string of the molecule is C1=CC2=C(c3nc(-c4ccccc4)nc(-c4ccccc4)n3)C=CC(c3nc(-c4ccccc4)nc(-c4ccccc4)n3)C2C=C1. The van der Waals surface area contributed by atoms with Crippen molar-refractivity contribution in [2.75, 3.05) is 0 Å². The van der Waals surface area contributed by atoms with E-state index in [-0.39, 0.29) is 11.8 Å². The first-order chi connectivity index (χ1) is 22.8. The molecular formula is C40H28N6. The summed E-state index contributed by atoms with van der Waals surface area (Å²) in [7, 11) is 0. The minimum Gasteiger partial charge on any atom is -0.212 e. The Bertz CT molecular complexity index is 2020.